The summed E-state index contributed by atoms with van der Waals surface area (Å²) in [5.41, 5.74) is 0.802. The molecule has 0 fully saturated rings. The first-order valence-electron chi connectivity index (χ1n) is 6.51. The maximum Gasteiger partial charge on any atom is 0.325 e. The first-order chi connectivity index (χ1) is 9.95. The van der Waals surface area contributed by atoms with Crippen molar-refractivity contribution in [2.75, 3.05) is 20.2 Å². The van der Waals surface area contributed by atoms with E-state index in [1.165, 1.54) is 11.8 Å². The number of furan rings is 1. The van der Waals surface area contributed by atoms with E-state index < -0.39 is 5.97 Å². The van der Waals surface area contributed by atoms with Gasteiger partial charge in [0.05, 0.1) is 6.61 Å². The van der Waals surface area contributed by atoms with Gasteiger partial charge in [-0.3, -0.25) is 9.59 Å². The van der Waals surface area contributed by atoms with Gasteiger partial charge in [-0.2, -0.15) is 0 Å². The van der Waals surface area contributed by atoms with Gasteiger partial charge in [0.25, 0.3) is 0 Å². The summed E-state index contributed by atoms with van der Waals surface area (Å²) in [6, 6.07) is 7.69. The van der Waals surface area contributed by atoms with Crippen LogP contribution < -0.4 is 0 Å². The molecular weight excluding hydrogens is 338 g/mol. The summed E-state index contributed by atoms with van der Waals surface area (Å²) in [5.74, 6) is 0.164. The van der Waals surface area contributed by atoms with E-state index in [2.05, 4.69) is 15.9 Å². The van der Waals surface area contributed by atoms with Crippen molar-refractivity contribution >= 4 is 38.8 Å². The third-order valence-corrected chi connectivity index (χ3v) is 3.54. The van der Waals surface area contributed by atoms with Crippen molar-refractivity contribution in [3.05, 3.63) is 34.5 Å². The fraction of sp³-hybridized carbons (Fsp3) is 0.333. The maximum absolute atomic E-state index is 11.5. The molecule has 6 heteroatoms. The Kier molecular flexibility index (Phi) is 5.01. The molecule has 0 spiro atoms. The molecule has 1 aromatic carbocycles. The van der Waals surface area contributed by atoms with Gasteiger partial charge in [-0.25, -0.2) is 0 Å². The number of benzene rings is 1. The summed E-state index contributed by atoms with van der Waals surface area (Å²) in [6.45, 7) is 1.59. The minimum absolute atomic E-state index is 0.0393. The van der Waals surface area contributed by atoms with E-state index in [1.807, 2.05) is 24.3 Å². The van der Waals surface area contributed by atoms with Crippen molar-refractivity contribution in [1.29, 1.82) is 0 Å². The number of halogens is 1. The number of carbonyl (C=O) groups excluding carboxylic acids is 2. The molecule has 0 unspecified atom stereocenters. The Hall–Kier alpha value is -1.82. The van der Waals surface area contributed by atoms with Gasteiger partial charge in [-0.15, -0.1) is 0 Å². The third kappa shape index (κ3) is 4.32. The molecule has 0 bridgehead atoms. The third-order valence-electron chi connectivity index (χ3n) is 3.04. The Morgan fingerprint density at radius 1 is 1.33 bits per heavy atom. The van der Waals surface area contributed by atoms with Crippen LogP contribution in [0.5, 0.6) is 0 Å². The highest BCUT2D eigenvalue weighted by molar-refractivity contribution is 9.10. The lowest BCUT2D eigenvalue weighted by Gasteiger charge is -2.13. The Morgan fingerprint density at radius 2 is 2.10 bits per heavy atom. The minimum Gasteiger partial charge on any atom is -0.464 e. The van der Waals surface area contributed by atoms with Crippen molar-refractivity contribution in [2.45, 2.75) is 13.3 Å². The van der Waals surface area contributed by atoms with Crippen LogP contribution in [-0.2, 0) is 20.7 Å². The van der Waals surface area contributed by atoms with E-state index in [9.17, 15) is 9.59 Å². The summed E-state index contributed by atoms with van der Waals surface area (Å²) >= 11 is 3.40. The maximum atomic E-state index is 11.5. The molecular formula is C15H16BrNO4. The highest BCUT2D eigenvalue weighted by Crippen LogP contribution is 2.23. The normalized spacial score (nSPS) is 10.6. The lowest BCUT2D eigenvalue weighted by Crippen LogP contribution is -2.31. The fourth-order valence-corrected chi connectivity index (χ4v) is 2.19. The van der Waals surface area contributed by atoms with E-state index in [0.717, 1.165) is 21.2 Å². The average Bonchev–Trinajstić information content (AvgIpc) is 2.80. The van der Waals surface area contributed by atoms with Crippen LogP contribution in [0.15, 0.2) is 33.2 Å². The molecule has 2 aromatic rings. The molecule has 0 saturated carbocycles. The number of nitrogens with zero attached hydrogens (tertiary/aromatic N) is 1. The van der Waals surface area contributed by atoms with Crippen molar-refractivity contribution in [3.63, 3.8) is 0 Å². The molecule has 0 aliphatic carbocycles. The molecule has 1 amide bonds. The van der Waals surface area contributed by atoms with Gasteiger partial charge in [0, 0.05) is 30.3 Å². The highest BCUT2D eigenvalue weighted by Gasteiger charge is 2.10. The van der Waals surface area contributed by atoms with Gasteiger partial charge in [0.2, 0.25) is 5.91 Å². The van der Waals surface area contributed by atoms with Gasteiger partial charge in [0.1, 0.15) is 17.9 Å². The van der Waals surface area contributed by atoms with E-state index in [0.29, 0.717) is 6.42 Å². The van der Waals surface area contributed by atoms with Gasteiger partial charge in [0.15, 0.2) is 0 Å². The Balaban J connectivity index is 1.84. The summed E-state index contributed by atoms with van der Waals surface area (Å²) in [7, 11) is 1.56. The predicted octanol–water partition coefficient (Wildman–Crippen LogP) is 2.76. The first kappa shape index (κ1) is 15.6. The average molecular weight is 354 g/mol. The number of hydrogen-bond acceptors (Lipinski definition) is 4. The zero-order chi connectivity index (χ0) is 15.4. The standard InChI is InChI=1S/C15H16BrNO4/c1-10(18)17(2)9-15(19)20-6-5-13-8-11-7-12(16)3-4-14(11)21-13/h3-4,7-8H,5-6,9H2,1-2H3. The molecule has 2 rings (SSSR count). The molecule has 0 saturated heterocycles. The van der Waals surface area contributed by atoms with Crippen LogP contribution in [0.1, 0.15) is 12.7 Å². The lowest BCUT2D eigenvalue weighted by molar-refractivity contribution is -0.148. The molecule has 21 heavy (non-hydrogen) atoms. The number of carbonyl (C=O) groups is 2. The number of hydrogen-bond donors (Lipinski definition) is 0. The second-order valence-electron chi connectivity index (χ2n) is 4.74. The molecule has 112 valence electrons. The van der Waals surface area contributed by atoms with E-state index in [1.54, 1.807) is 7.05 Å². The van der Waals surface area contributed by atoms with Crippen LogP contribution in [0.2, 0.25) is 0 Å². The zero-order valence-electron chi connectivity index (χ0n) is 11.9. The Morgan fingerprint density at radius 3 is 2.81 bits per heavy atom. The molecule has 0 radical (unpaired) electrons. The van der Waals surface area contributed by atoms with Crippen LogP contribution in [0, 0.1) is 0 Å². The lowest BCUT2D eigenvalue weighted by atomic mass is 10.2. The van der Waals surface area contributed by atoms with Gasteiger partial charge < -0.3 is 14.1 Å². The SMILES string of the molecule is CC(=O)N(C)CC(=O)OCCc1cc2cc(Br)ccc2o1. The number of esters is 1. The second-order valence-corrected chi connectivity index (χ2v) is 5.66. The molecule has 0 aliphatic rings. The van der Waals surface area contributed by atoms with Crippen molar-refractivity contribution in [1.82, 2.24) is 4.90 Å². The number of ether oxygens (including phenoxy) is 1. The zero-order valence-corrected chi connectivity index (χ0v) is 13.5. The van der Waals surface area contributed by atoms with Crippen LogP contribution in [-0.4, -0.2) is 37.0 Å². The number of rotatable bonds is 5. The van der Waals surface area contributed by atoms with Gasteiger partial charge in [-0.1, -0.05) is 15.9 Å². The Labute approximate surface area is 131 Å². The van der Waals surface area contributed by atoms with E-state index >= 15 is 0 Å². The van der Waals surface area contributed by atoms with Crippen molar-refractivity contribution in [3.8, 4) is 0 Å². The quantitative estimate of drug-likeness (QED) is 0.775. The number of fused-ring (bicyclic) bond motifs is 1. The number of amides is 1. The smallest absolute Gasteiger partial charge is 0.325 e. The molecule has 1 heterocycles. The van der Waals surface area contributed by atoms with Crippen LogP contribution in [0.3, 0.4) is 0 Å². The van der Waals surface area contributed by atoms with Crippen molar-refractivity contribution in [2.24, 2.45) is 0 Å². The second kappa shape index (κ2) is 6.76. The van der Waals surface area contributed by atoms with Gasteiger partial charge in [-0.05, 0) is 24.3 Å². The molecule has 0 N–H and O–H groups in total. The first-order valence-corrected chi connectivity index (χ1v) is 7.30. The van der Waals surface area contributed by atoms with Gasteiger partial charge >= 0.3 is 5.97 Å². The summed E-state index contributed by atoms with van der Waals surface area (Å²) in [6.07, 6.45) is 0.502. The monoisotopic (exact) mass is 353 g/mol. The largest absolute Gasteiger partial charge is 0.464 e. The molecule has 0 atom stereocenters. The summed E-state index contributed by atoms with van der Waals surface area (Å²) in [4.78, 5) is 23.8. The molecule has 0 aliphatic heterocycles. The molecule has 1 aromatic heterocycles. The summed E-state index contributed by atoms with van der Waals surface area (Å²) in [5, 5.41) is 1.00. The topological polar surface area (TPSA) is 59.8 Å². The van der Waals surface area contributed by atoms with E-state index in [-0.39, 0.29) is 19.1 Å². The van der Waals surface area contributed by atoms with Crippen LogP contribution in [0.4, 0.5) is 0 Å². The van der Waals surface area contributed by atoms with E-state index in [4.69, 9.17) is 9.15 Å². The Bertz CT molecular complexity index is 665. The predicted molar refractivity (Wildman–Crippen MR) is 81.9 cm³/mol. The number of likely N-dealkylation sites (N-methyl/N-ethyl adjacent to an activating group) is 1. The summed E-state index contributed by atoms with van der Waals surface area (Å²) < 4.78 is 11.7. The fourth-order valence-electron chi connectivity index (χ4n) is 1.81. The minimum atomic E-state index is -0.424. The highest BCUT2D eigenvalue weighted by atomic mass is 79.9. The van der Waals surface area contributed by atoms with Crippen LogP contribution >= 0.6 is 15.9 Å². The van der Waals surface area contributed by atoms with Crippen molar-refractivity contribution < 1.29 is 18.7 Å². The van der Waals surface area contributed by atoms with Crippen LogP contribution in [0.25, 0.3) is 11.0 Å². The molecule has 5 nitrogen and oxygen atoms in total.